The molecule has 2 unspecified atom stereocenters. The van der Waals surface area contributed by atoms with Crippen LogP contribution in [0.15, 0.2) is 36.5 Å². The molecular weight excluding hydrogens is 725 g/mol. The van der Waals surface area contributed by atoms with Crippen LogP contribution in [0.4, 0.5) is 0 Å². The number of hydrogen-bond acceptors (Lipinski definition) is 8. The zero-order valence-electron chi connectivity index (χ0n) is 36.8. The van der Waals surface area contributed by atoms with Gasteiger partial charge in [-0.15, -0.1) is 0 Å². The summed E-state index contributed by atoms with van der Waals surface area (Å²) in [5, 5.41) is 0. The number of carbonyl (C=O) groups excluding carboxylic acids is 2. The number of esters is 2. The summed E-state index contributed by atoms with van der Waals surface area (Å²) in [6.07, 6.45) is 43.2. The molecule has 0 aliphatic rings. The Morgan fingerprint density at radius 3 is 1.43 bits per heavy atom. The van der Waals surface area contributed by atoms with Crippen molar-refractivity contribution in [3.8, 4) is 0 Å². The number of quaternary nitrogens is 1. The normalized spacial score (nSPS) is 13.9. The minimum Gasteiger partial charge on any atom is -0.756 e. The van der Waals surface area contributed by atoms with Gasteiger partial charge in [0.25, 0.3) is 7.82 Å². The van der Waals surface area contributed by atoms with Crippen molar-refractivity contribution in [2.24, 2.45) is 0 Å². The molecule has 2 atom stereocenters. The number of likely N-dealkylation sites (N-methyl/N-ethyl adjacent to an activating group) is 1. The summed E-state index contributed by atoms with van der Waals surface area (Å²) in [5.74, 6) is -0.843. The molecule has 0 aromatic carbocycles. The SMILES string of the molecule is CCCCCCC/C=C\C/C=C\C/C=C\CCCCCCCCCCC(=O)OC(COC(=O)CCCCCCCCCCC)COP(=O)([O-])OCC[N+](C)(C)C. The molecular formula is C46H86NO8P. The maximum Gasteiger partial charge on any atom is 0.306 e. The predicted molar refractivity (Wildman–Crippen MR) is 231 cm³/mol. The lowest BCUT2D eigenvalue weighted by Gasteiger charge is -2.28. The van der Waals surface area contributed by atoms with Crippen molar-refractivity contribution in [3.05, 3.63) is 36.5 Å². The average molecular weight is 812 g/mol. The molecule has 0 fully saturated rings. The zero-order chi connectivity index (χ0) is 41.4. The molecule has 0 heterocycles. The summed E-state index contributed by atoms with van der Waals surface area (Å²) < 4.78 is 33.8. The standard InChI is InChI=1S/C46H86NO8P/c1-6-8-10-12-14-16-17-18-19-20-21-22-23-24-25-26-27-28-29-31-33-35-37-39-46(49)55-44(43-54-56(50,51)53-41-40-47(3,4)5)42-52-45(48)38-36-34-32-30-15-13-11-9-7-2/h17-18,20-21,23-24,44H,6-16,19,22,25-43H2,1-5H3/b18-17-,21-20-,24-23-. The number of carbonyl (C=O) groups is 2. The van der Waals surface area contributed by atoms with E-state index in [1.165, 1.54) is 103 Å². The lowest BCUT2D eigenvalue weighted by atomic mass is 10.1. The highest BCUT2D eigenvalue weighted by molar-refractivity contribution is 7.45. The number of phosphoric ester groups is 1. The third-order valence-electron chi connectivity index (χ3n) is 9.66. The van der Waals surface area contributed by atoms with Crippen LogP contribution in [0.1, 0.15) is 194 Å². The second kappa shape index (κ2) is 38.7. The van der Waals surface area contributed by atoms with Crippen LogP contribution in [0.5, 0.6) is 0 Å². The third kappa shape index (κ3) is 41.9. The Kier molecular flexibility index (Phi) is 37.5. The zero-order valence-corrected chi connectivity index (χ0v) is 37.7. The van der Waals surface area contributed by atoms with Crippen LogP contribution < -0.4 is 4.89 Å². The number of ether oxygens (including phenoxy) is 2. The minimum atomic E-state index is -4.62. The Bertz CT molecular complexity index is 1050. The van der Waals surface area contributed by atoms with Gasteiger partial charge in [-0.25, -0.2) is 0 Å². The van der Waals surface area contributed by atoms with Gasteiger partial charge in [-0.1, -0.05) is 166 Å². The number of hydrogen-bond donors (Lipinski definition) is 0. The number of rotatable bonds is 41. The van der Waals surface area contributed by atoms with E-state index >= 15 is 0 Å². The van der Waals surface area contributed by atoms with E-state index in [0.29, 0.717) is 17.4 Å². The Morgan fingerprint density at radius 2 is 0.964 bits per heavy atom. The molecule has 0 rings (SSSR count). The topological polar surface area (TPSA) is 111 Å². The minimum absolute atomic E-state index is 0.0320. The summed E-state index contributed by atoms with van der Waals surface area (Å²) in [6, 6.07) is 0. The van der Waals surface area contributed by atoms with Crippen LogP contribution in [0.2, 0.25) is 0 Å². The summed E-state index contributed by atoms with van der Waals surface area (Å²) in [6.45, 7) is 4.18. The van der Waals surface area contributed by atoms with E-state index in [1.807, 2.05) is 21.1 Å². The van der Waals surface area contributed by atoms with Gasteiger partial charge in [0.05, 0.1) is 27.7 Å². The van der Waals surface area contributed by atoms with Gasteiger partial charge >= 0.3 is 11.9 Å². The first-order valence-electron chi connectivity index (χ1n) is 22.7. The highest BCUT2D eigenvalue weighted by Gasteiger charge is 2.21. The van der Waals surface area contributed by atoms with E-state index in [0.717, 1.165) is 57.8 Å². The number of unbranched alkanes of at least 4 members (excludes halogenated alkanes) is 21. The van der Waals surface area contributed by atoms with Crippen molar-refractivity contribution in [3.63, 3.8) is 0 Å². The summed E-state index contributed by atoms with van der Waals surface area (Å²) in [5.41, 5.74) is 0. The first kappa shape index (κ1) is 54.2. The molecule has 0 radical (unpaired) electrons. The number of allylic oxidation sites excluding steroid dienone is 6. The molecule has 0 amide bonds. The van der Waals surface area contributed by atoms with Crippen LogP contribution >= 0.6 is 7.82 Å². The quantitative estimate of drug-likeness (QED) is 0.0197. The maximum atomic E-state index is 12.7. The third-order valence-corrected chi connectivity index (χ3v) is 10.6. The van der Waals surface area contributed by atoms with Gasteiger partial charge in [0.15, 0.2) is 6.10 Å². The van der Waals surface area contributed by atoms with Gasteiger partial charge in [-0.2, -0.15) is 0 Å². The van der Waals surface area contributed by atoms with Crippen LogP contribution in [0.3, 0.4) is 0 Å². The second-order valence-electron chi connectivity index (χ2n) is 16.4. The molecule has 0 aliphatic carbocycles. The molecule has 328 valence electrons. The molecule has 0 aromatic heterocycles. The van der Waals surface area contributed by atoms with E-state index in [1.54, 1.807) is 0 Å². The Morgan fingerprint density at radius 1 is 0.554 bits per heavy atom. The van der Waals surface area contributed by atoms with Crippen molar-refractivity contribution >= 4 is 19.8 Å². The van der Waals surface area contributed by atoms with E-state index in [9.17, 15) is 19.0 Å². The Hall–Kier alpha value is -1.77. The molecule has 10 heteroatoms. The summed E-state index contributed by atoms with van der Waals surface area (Å²) >= 11 is 0. The van der Waals surface area contributed by atoms with E-state index in [2.05, 4.69) is 50.3 Å². The van der Waals surface area contributed by atoms with Crippen LogP contribution in [0.25, 0.3) is 0 Å². The molecule has 0 aromatic rings. The summed E-state index contributed by atoms with van der Waals surface area (Å²) in [7, 11) is 1.16. The lowest BCUT2D eigenvalue weighted by Crippen LogP contribution is -2.37. The molecule has 0 spiro atoms. The number of phosphoric acid groups is 1. The molecule has 0 bridgehead atoms. The highest BCUT2D eigenvalue weighted by atomic mass is 31.2. The Balaban J connectivity index is 4.25. The lowest BCUT2D eigenvalue weighted by molar-refractivity contribution is -0.870. The largest absolute Gasteiger partial charge is 0.756 e. The van der Waals surface area contributed by atoms with Gasteiger partial charge in [0, 0.05) is 12.8 Å². The fourth-order valence-electron chi connectivity index (χ4n) is 6.07. The van der Waals surface area contributed by atoms with E-state index in [-0.39, 0.29) is 32.0 Å². The molecule has 9 nitrogen and oxygen atoms in total. The summed E-state index contributed by atoms with van der Waals surface area (Å²) in [4.78, 5) is 37.4. The van der Waals surface area contributed by atoms with Gasteiger partial charge in [-0.3, -0.25) is 14.2 Å². The fourth-order valence-corrected chi connectivity index (χ4v) is 6.80. The maximum absolute atomic E-state index is 12.7. The van der Waals surface area contributed by atoms with Crippen molar-refractivity contribution in [2.75, 3.05) is 47.5 Å². The van der Waals surface area contributed by atoms with Gasteiger partial charge in [0.1, 0.15) is 19.8 Å². The Labute approximate surface area is 344 Å². The second-order valence-corrected chi connectivity index (χ2v) is 17.8. The van der Waals surface area contributed by atoms with Crippen LogP contribution in [-0.2, 0) is 32.7 Å². The van der Waals surface area contributed by atoms with Crippen molar-refractivity contribution in [1.29, 1.82) is 0 Å². The molecule has 56 heavy (non-hydrogen) atoms. The highest BCUT2D eigenvalue weighted by Crippen LogP contribution is 2.38. The van der Waals surface area contributed by atoms with Crippen molar-refractivity contribution in [2.45, 2.75) is 200 Å². The van der Waals surface area contributed by atoms with Gasteiger partial charge < -0.3 is 27.9 Å². The monoisotopic (exact) mass is 812 g/mol. The fraction of sp³-hybridized carbons (Fsp3) is 0.826. The smallest absolute Gasteiger partial charge is 0.306 e. The molecule has 0 aliphatic heterocycles. The van der Waals surface area contributed by atoms with Crippen molar-refractivity contribution in [1.82, 2.24) is 0 Å². The van der Waals surface area contributed by atoms with E-state index < -0.39 is 26.5 Å². The first-order valence-corrected chi connectivity index (χ1v) is 24.2. The number of nitrogens with zero attached hydrogens (tertiary/aromatic N) is 1. The predicted octanol–water partition coefficient (Wildman–Crippen LogP) is 12.3. The van der Waals surface area contributed by atoms with Crippen LogP contribution in [-0.4, -0.2) is 70.0 Å². The van der Waals surface area contributed by atoms with Gasteiger partial charge in [-0.05, 0) is 51.4 Å². The van der Waals surface area contributed by atoms with Crippen LogP contribution in [0, 0.1) is 0 Å². The van der Waals surface area contributed by atoms with E-state index in [4.69, 9.17) is 18.5 Å². The average Bonchev–Trinajstić information content (AvgIpc) is 3.15. The molecule has 0 saturated carbocycles. The van der Waals surface area contributed by atoms with Gasteiger partial charge in [0.2, 0.25) is 0 Å². The molecule has 0 N–H and O–H groups in total. The first-order chi connectivity index (χ1) is 27.0. The molecule has 0 saturated heterocycles. The van der Waals surface area contributed by atoms with Crippen molar-refractivity contribution < 1.29 is 42.1 Å².